The number of hydrogen-bond acceptors (Lipinski definition) is 3. The zero-order valence-electron chi connectivity index (χ0n) is 34.5. The molecule has 0 unspecified atom stereocenters. The standard InChI is InChI=1S/C54H43BrN2O.2Ir/c1-32-34(3)52(44-19-11-9-16-40(44)41-25-23-36(29-47(41)55)49-30-38(27-28-56-49)54(5,6)7)35(4)33(2)51(32)43-18-10-8-15-39(43)37-24-26-48(57-31-37)46-21-14-20-45-42-17-12-13-22-50(42)58-53(45)46;;/h8-20,22,24-31H,1-7H3;;/q-2;;. The molecule has 0 fully saturated rings. The first-order valence-electron chi connectivity index (χ1n) is 19.8. The van der Waals surface area contributed by atoms with Gasteiger partial charge >= 0.3 is 0 Å². The third-order valence-electron chi connectivity index (χ3n) is 11.8. The van der Waals surface area contributed by atoms with Crippen LogP contribution in [0.3, 0.4) is 0 Å². The molecule has 0 aliphatic rings. The predicted octanol–water partition coefficient (Wildman–Crippen LogP) is 15.3. The quantitative estimate of drug-likeness (QED) is 0.156. The molecule has 3 aromatic heterocycles. The van der Waals surface area contributed by atoms with Crippen LogP contribution in [0.15, 0.2) is 143 Å². The molecule has 302 valence electrons. The van der Waals surface area contributed by atoms with Crippen molar-refractivity contribution in [3.05, 3.63) is 178 Å². The molecule has 6 heteroatoms. The molecule has 2 radical (unpaired) electrons. The first-order valence-corrected chi connectivity index (χ1v) is 20.5. The van der Waals surface area contributed by atoms with Crippen LogP contribution < -0.4 is 0 Å². The van der Waals surface area contributed by atoms with Crippen molar-refractivity contribution in [3.8, 4) is 67.0 Å². The van der Waals surface area contributed by atoms with Crippen LogP contribution in [0, 0.1) is 39.8 Å². The van der Waals surface area contributed by atoms with Gasteiger partial charge in [0, 0.05) is 58.0 Å². The van der Waals surface area contributed by atoms with Crippen LogP contribution in [-0.2, 0) is 45.6 Å². The van der Waals surface area contributed by atoms with E-state index in [1.54, 1.807) is 0 Å². The Kier molecular flexibility index (Phi) is 12.5. The van der Waals surface area contributed by atoms with Crippen molar-refractivity contribution in [2.24, 2.45) is 0 Å². The number of hydrogen-bond donors (Lipinski definition) is 0. The van der Waals surface area contributed by atoms with Crippen molar-refractivity contribution >= 4 is 37.9 Å². The summed E-state index contributed by atoms with van der Waals surface area (Å²) in [5.74, 6) is 0. The van der Waals surface area contributed by atoms with E-state index in [1.807, 2.05) is 36.7 Å². The second kappa shape index (κ2) is 17.3. The molecule has 3 nitrogen and oxygen atoms in total. The third kappa shape index (κ3) is 7.70. The van der Waals surface area contributed by atoms with E-state index in [4.69, 9.17) is 14.4 Å². The molecule has 0 N–H and O–H groups in total. The maximum absolute atomic E-state index is 6.32. The van der Waals surface area contributed by atoms with Crippen LogP contribution in [0.5, 0.6) is 0 Å². The molecule has 9 rings (SSSR count). The normalized spacial score (nSPS) is 11.4. The van der Waals surface area contributed by atoms with E-state index < -0.39 is 0 Å². The van der Waals surface area contributed by atoms with Gasteiger partial charge in [0.2, 0.25) is 0 Å². The van der Waals surface area contributed by atoms with Crippen molar-refractivity contribution in [2.45, 2.75) is 53.9 Å². The van der Waals surface area contributed by atoms with Crippen LogP contribution in [-0.4, -0.2) is 9.97 Å². The second-order valence-corrected chi connectivity index (χ2v) is 17.1. The van der Waals surface area contributed by atoms with Gasteiger partial charge < -0.3 is 14.4 Å². The molecular formula is C54H43BrIr2N2O-2. The van der Waals surface area contributed by atoms with Gasteiger partial charge in [-0.15, -0.1) is 42.0 Å². The summed E-state index contributed by atoms with van der Waals surface area (Å²) >= 11 is 3.96. The van der Waals surface area contributed by atoms with Crippen molar-refractivity contribution in [1.29, 1.82) is 0 Å². The average molecular weight is 1200 g/mol. The number of rotatable bonds is 6. The number of para-hydroxylation sites is 1. The van der Waals surface area contributed by atoms with Crippen molar-refractivity contribution < 1.29 is 44.6 Å². The maximum atomic E-state index is 6.32. The van der Waals surface area contributed by atoms with Crippen LogP contribution in [0.4, 0.5) is 0 Å². The second-order valence-electron chi connectivity index (χ2n) is 16.3. The van der Waals surface area contributed by atoms with Gasteiger partial charge in [-0.3, -0.25) is 0 Å². The predicted molar refractivity (Wildman–Crippen MR) is 245 cm³/mol. The number of benzene rings is 6. The van der Waals surface area contributed by atoms with Crippen LogP contribution in [0.25, 0.3) is 89.0 Å². The molecule has 60 heavy (non-hydrogen) atoms. The van der Waals surface area contributed by atoms with Gasteiger partial charge in [0.25, 0.3) is 0 Å². The Bertz CT molecular complexity index is 3020. The van der Waals surface area contributed by atoms with E-state index in [2.05, 4.69) is 174 Å². The smallest absolute Gasteiger partial charge is 0.120 e. The molecule has 0 aliphatic heterocycles. The molecule has 0 saturated carbocycles. The largest absolute Gasteiger partial charge is 0.501 e. The van der Waals surface area contributed by atoms with E-state index >= 15 is 0 Å². The summed E-state index contributed by atoms with van der Waals surface area (Å²) in [6.07, 6.45) is 3.88. The molecule has 0 spiro atoms. The van der Waals surface area contributed by atoms with Gasteiger partial charge in [-0.25, -0.2) is 0 Å². The van der Waals surface area contributed by atoms with E-state index in [1.165, 1.54) is 50.1 Å². The molecule has 9 aromatic rings. The van der Waals surface area contributed by atoms with Gasteiger partial charge in [-0.05, 0) is 118 Å². The van der Waals surface area contributed by atoms with Crippen LogP contribution >= 0.6 is 15.9 Å². The summed E-state index contributed by atoms with van der Waals surface area (Å²) in [7, 11) is 0. The minimum Gasteiger partial charge on any atom is -0.501 e. The number of halogens is 1. The molecule has 0 atom stereocenters. The Morgan fingerprint density at radius 3 is 1.83 bits per heavy atom. The van der Waals surface area contributed by atoms with E-state index in [0.29, 0.717) is 0 Å². The third-order valence-corrected chi connectivity index (χ3v) is 12.4. The van der Waals surface area contributed by atoms with Crippen molar-refractivity contribution in [3.63, 3.8) is 0 Å². The van der Waals surface area contributed by atoms with E-state index in [-0.39, 0.29) is 45.6 Å². The van der Waals surface area contributed by atoms with Gasteiger partial charge in [0.1, 0.15) is 5.58 Å². The zero-order chi connectivity index (χ0) is 40.3. The summed E-state index contributed by atoms with van der Waals surface area (Å²) in [4.78, 5) is 9.70. The number of aromatic nitrogens is 2. The first kappa shape index (κ1) is 43.3. The number of pyridine rings is 2. The topological polar surface area (TPSA) is 38.9 Å². The Labute approximate surface area is 388 Å². The van der Waals surface area contributed by atoms with E-state index in [9.17, 15) is 0 Å². The van der Waals surface area contributed by atoms with Crippen LogP contribution in [0.1, 0.15) is 48.6 Å². The van der Waals surface area contributed by atoms with Gasteiger partial charge in [-0.2, -0.15) is 0 Å². The molecular weight excluding hydrogens is 1160 g/mol. The number of furan rings is 1. The fraction of sp³-hybridized carbons (Fsp3) is 0.148. The molecule has 6 aromatic carbocycles. The van der Waals surface area contributed by atoms with Crippen molar-refractivity contribution in [1.82, 2.24) is 9.97 Å². The average Bonchev–Trinajstić information content (AvgIpc) is 3.63. The monoisotopic (exact) mass is 1200 g/mol. The summed E-state index contributed by atoms with van der Waals surface area (Å²) in [5, 5.41) is 2.17. The Balaban J connectivity index is 0.00000272. The van der Waals surface area contributed by atoms with Gasteiger partial charge in [0.05, 0.1) is 5.58 Å². The Hall–Kier alpha value is -4.80. The van der Waals surface area contributed by atoms with Crippen molar-refractivity contribution in [2.75, 3.05) is 0 Å². The molecule has 0 amide bonds. The summed E-state index contributed by atoms with van der Waals surface area (Å²) < 4.78 is 7.33. The SMILES string of the molecule is Cc1c(C)c(-c2ccccc2-c2c[c-]c(-c3cc(C(C)(C)C)ccn3)cc2Br)c(C)c(C)c1-c1ccccc1-c1ccc(-c2[c-]ccc3c2oc2ccccc23)nc1.[Ir].[Ir]. The summed E-state index contributed by atoms with van der Waals surface area (Å²) in [6, 6.07) is 49.4. The van der Waals surface area contributed by atoms with E-state index in [0.717, 1.165) is 71.2 Å². The Morgan fingerprint density at radius 1 is 0.583 bits per heavy atom. The van der Waals surface area contributed by atoms with Gasteiger partial charge in [-0.1, -0.05) is 148 Å². The minimum absolute atomic E-state index is 0. The maximum Gasteiger partial charge on any atom is 0.120 e. The summed E-state index contributed by atoms with van der Waals surface area (Å²) in [5.41, 5.74) is 21.0. The van der Waals surface area contributed by atoms with Gasteiger partial charge in [0.15, 0.2) is 0 Å². The number of fused-ring (bicyclic) bond motifs is 3. The fourth-order valence-electron chi connectivity index (χ4n) is 8.45. The zero-order valence-corrected chi connectivity index (χ0v) is 40.9. The summed E-state index contributed by atoms with van der Waals surface area (Å²) in [6.45, 7) is 15.8. The first-order chi connectivity index (χ1) is 28.0. The minimum atomic E-state index is 0. The molecule has 0 aliphatic carbocycles. The molecule has 0 bridgehead atoms. The fourth-order valence-corrected chi connectivity index (χ4v) is 9.01. The number of nitrogens with zero attached hydrogens (tertiary/aromatic N) is 2. The Morgan fingerprint density at radius 2 is 1.20 bits per heavy atom. The van der Waals surface area contributed by atoms with Crippen LogP contribution in [0.2, 0.25) is 0 Å². The molecule has 3 heterocycles. The molecule has 0 saturated heterocycles.